The maximum Gasteiger partial charge on any atom is 0.112 e. The average molecular weight is 273 g/mol. The fraction of sp³-hybridized carbons (Fsp3) is 0.562. The van der Waals surface area contributed by atoms with Crippen molar-refractivity contribution in [3.63, 3.8) is 0 Å². The Balaban J connectivity index is 2.05. The van der Waals surface area contributed by atoms with Gasteiger partial charge in [-0.25, -0.2) is 4.98 Å². The topological polar surface area (TPSA) is 64.1 Å². The first-order chi connectivity index (χ1) is 9.54. The lowest BCUT2D eigenvalue weighted by atomic mass is 10.0. The molecule has 0 bridgehead atoms. The van der Waals surface area contributed by atoms with Crippen molar-refractivity contribution in [3.05, 3.63) is 24.0 Å². The van der Waals surface area contributed by atoms with Crippen molar-refractivity contribution in [1.82, 2.24) is 9.55 Å². The van der Waals surface area contributed by atoms with Gasteiger partial charge >= 0.3 is 0 Å². The van der Waals surface area contributed by atoms with Crippen LogP contribution in [0.15, 0.2) is 18.2 Å². The monoisotopic (exact) mass is 273 g/mol. The largest absolute Gasteiger partial charge is 0.399 e. The predicted octanol–water partition coefficient (Wildman–Crippen LogP) is 2.90. The zero-order valence-corrected chi connectivity index (χ0v) is 12.3. The number of imidazole rings is 1. The van der Waals surface area contributed by atoms with Crippen LogP contribution in [0.3, 0.4) is 0 Å². The smallest absolute Gasteiger partial charge is 0.112 e. The first kappa shape index (κ1) is 13.4. The van der Waals surface area contributed by atoms with Gasteiger partial charge in [0.2, 0.25) is 0 Å². The molecule has 1 fully saturated rings. The van der Waals surface area contributed by atoms with E-state index < -0.39 is 0 Å². The van der Waals surface area contributed by atoms with E-state index in [1.54, 1.807) is 0 Å². The zero-order valence-electron chi connectivity index (χ0n) is 12.3. The van der Waals surface area contributed by atoms with Crippen LogP contribution in [0.4, 0.5) is 5.69 Å². The van der Waals surface area contributed by atoms with E-state index in [0.717, 1.165) is 35.5 Å². The summed E-state index contributed by atoms with van der Waals surface area (Å²) < 4.78 is 2.34. The lowest BCUT2D eigenvalue weighted by molar-refractivity contribution is 0.236. The van der Waals surface area contributed by atoms with Crippen molar-refractivity contribution in [2.45, 2.75) is 45.6 Å². The fourth-order valence-corrected chi connectivity index (χ4v) is 3.01. The highest BCUT2D eigenvalue weighted by molar-refractivity contribution is 5.79. The highest BCUT2D eigenvalue weighted by Gasteiger charge is 2.42. The standard InChI is InChI=1S/C16H23N3O/c1-11(2)15-18-13-9-12(17)3-4-14(13)19(15)10-16(5-6-16)7-8-20/h3-4,9,11,20H,5-8,10,17H2,1-2H3. The highest BCUT2D eigenvalue weighted by Crippen LogP contribution is 2.50. The summed E-state index contributed by atoms with van der Waals surface area (Å²) >= 11 is 0. The molecular formula is C16H23N3O. The zero-order chi connectivity index (χ0) is 14.3. The van der Waals surface area contributed by atoms with Gasteiger partial charge in [0, 0.05) is 24.8 Å². The summed E-state index contributed by atoms with van der Waals surface area (Å²) in [7, 11) is 0. The summed E-state index contributed by atoms with van der Waals surface area (Å²) in [6, 6.07) is 5.96. The van der Waals surface area contributed by atoms with Crippen LogP contribution in [-0.2, 0) is 6.54 Å². The molecule has 3 N–H and O–H groups in total. The molecule has 0 unspecified atom stereocenters. The van der Waals surface area contributed by atoms with Gasteiger partial charge in [-0.15, -0.1) is 0 Å². The molecule has 1 saturated carbocycles. The molecule has 0 aliphatic heterocycles. The van der Waals surface area contributed by atoms with Crippen molar-refractivity contribution < 1.29 is 5.11 Å². The summed E-state index contributed by atoms with van der Waals surface area (Å²) in [6.45, 7) is 5.58. The molecule has 2 aromatic rings. The Labute approximate surface area is 119 Å². The molecule has 1 heterocycles. The number of benzene rings is 1. The number of aromatic nitrogens is 2. The fourth-order valence-electron chi connectivity index (χ4n) is 3.01. The van der Waals surface area contributed by atoms with E-state index in [2.05, 4.69) is 24.5 Å². The van der Waals surface area contributed by atoms with Crippen LogP contribution in [0.1, 0.15) is 44.9 Å². The number of aliphatic hydroxyl groups is 1. The van der Waals surface area contributed by atoms with Crippen LogP contribution in [0.2, 0.25) is 0 Å². The number of rotatable bonds is 5. The summed E-state index contributed by atoms with van der Waals surface area (Å²) in [6.07, 6.45) is 3.30. The third-order valence-electron chi connectivity index (χ3n) is 4.41. The van der Waals surface area contributed by atoms with Gasteiger partial charge in [-0.1, -0.05) is 13.8 Å². The number of nitrogens with two attached hydrogens (primary N) is 1. The quantitative estimate of drug-likeness (QED) is 0.823. The van der Waals surface area contributed by atoms with Crippen LogP contribution >= 0.6 is 0 Å². The molecule has 4 heteroatoms. The van der Waals surface area contributed by atoms with Crippen molar-refractivity contribution >= 4 is 16.7 Å². The minimum absolute atomic E-state index is 0.274. The van der Waals surface area contributed by atoms with Gasteiger partial charge in [0.1, 0.15) is 5.82 Å². The molecule has 0 amide bonds. The Morgan fingerprint density at radius 3 is 2.75 bits per heavy atom. The second kappa shape index (κ2) is 4.77. The summed E-state index contributed by atoms with van der Waals surface area (Å²) in [5.41, 5.74) is 9.05. The number of nitrogen functional groups attached to an aromatic ring is 1. The molecule has 0 radical (unpaired) electrons. The van der Waals surface area contributed by atoms with E-state index in [4.69, 9.17) is 10.7 Å². The minimum atomic E-state index is 0.274. The first-order valence-electron chi connectivity index (χ1n) is 7.41. The molecular weight excluding hydrogens is 250 g/mol. The second-order valence-electron chi connectivity index (χ2n) is 6.43. The Morgan fingerprint density at radius 1 is 1.40 bits per heavy atom. The highest BCUT2D eigenvalue weighted by atomic mass is 16.3. The Bertz CT molecular complexity index is 626. The van der Waals surface area contributed by atoms with Crippen molar-refractivity contribution in [2.75, 3.05) is 12.3 Å². The van der Waals surface area contributed by atoms with E-state index in [-0.39, 0.29) is 12.0 Å². The van der Waals surface area contributed by atoms with Crippen LogP contribution in [0.5, 0.6) is 0 Å². The maximum absolute atomic E-state index is 9.26. The molecule has 4 nitrogen and oxygen atoms in total. The lowest BCUT2D eigenvalue weighted by Gasteiger charge is -2.18. The molecule has 0 saturated heterocycles. The van der Waals surface area contributed by atoms with Crippen LogP contribution in [0.25, 0.3) is 11.0 Å². The molecule has 3 rings (SSSR count). The number of nitrogens with zero attached hydrogens (tertiary/aromatic N) is 2. The molecule has 20 heavy (non-hydrogen) atoms. The lowest BCUT2D eigenvalue weighted by Crippen LogP contribution is -2.16. The third kappa shape index (κ3) is 2.29. The molecule has 0 atom stereocenters. The van der Waals surface area contributed by atoms with Crippen LogP contribution in [-0.4, -0.2) is 21.3 Å². The van der Waals surface area contributed by atoms with Gasteiger partial charge in [-0.3, -0.25) is 0 Å². The van der Waals surface area contributed by atoms with Crippen molar-refractivity contribution in [3.8, 4) is 0 Å². The minimum Gasteiger partial charge on any atom is -0.399 e. The normalized spacial score (nSPS) is 17.0. The summed E-state index contributed by atoms with van der Waals surface area (Å²) in [5, 5.41) is 9.26. The third-order valence-corrected chi connectivity index (χ3v) is 4.41. The molecule has 1 aromatic carbocycles. The van der Waals surface area contributed by atoms with Gasteiger partial charge < -0.3 is 15.4 Å². The molecule has 1 aliphatic rings. The molecule has 0 spiro atoms. The van der Waals surface area contributed by atoms with Crippen molar-refractivity contribution in [2.24, 2.45) is 5.41 Å². The van der Waals surface area contributed by atoms with Gasteiger partial charge in [-0.05, 0) is 42.9 Å². The predicted molar refractivity (Wildman–Crippen MR) is 81.6 cm³/mol. The number of anilines is 1. The van der Waals surface area contributed by atoms with E-state index >= 15 is 0 Å². The Kier molecular flexibility index (Phi) is 3.21. The maximum atomic E-state index is 9.26. The second-order valence-corrected chi connectivity index (χ2v) is 6.43. The molecule has 1 aliphatic carbocycles. The Morgan fingerprint density at radius 2 is 2.15 bits per heavy atom. The molecule has 108 valence electrons. The van der Waals surface area contributed by atoms with Crippen LogP contribution in [0, 0.1) is 5.41 Å². The van der Waals surface area contributed by atoms with Gasteiger partial charge in [0.15, 0.2) is 0 Å². The van der Waals surface area contributed by atoms with E-state index in [1.807, 2.05) is 12.1 Å². The number of aliphatic hydroxyl groups excluding tert-OH is 1. The average Bonchev–Trinajstić information content (AvgIpc) is 3.05. The molecule has 1 aromatic heterocycles. The van der Waals surface area contributed by atoms with E-state index in [9.17, 15) is 5.11 Å². The SMILES string of the molecule is CC(C)c1nc2cc(N)ccc2n1CC1(CCO)CC1. The first-order valence-corrected chi connectivity index (χ1v) is 7.41. The van der Waals surface area contributed by atoms with Crippen LogP contribution < -0.4 is 5.73 Å². The van der Waals surface area contributed by atoms with Gasteiger partial charge in [0.25, 0.3) is 0 Å². The Hall–Kier alpha value is -1.55. The van der Waals surface area contributed by atoms with E-state index in [1.165, 1.54) is 12.8 Å². The summed E-state index contributed by atoms with van der Waals surface area (Å²) in [5.74, 6) is 1.50. The van der Waals surface area contributed by atoms with Gasteiger partial charge in [0.05, 0.1) is 11.0 Å². The van der Waals surface area contributed by atoms with Crippen molar-refractivity contribution in [1.29, 1.82) is 0 Å². The van der Waals surface area contributed by atoms with Gasteiger partial charge in [-0.2, -0.15) is 0 Å². The number of hydrogen-bond acceptors (Lipinski definition) is 3. The summed E-state index contributed by atoms with van der Waals surface area (Å²) in [4.78, 5) is 4.77. The number of hydrogen-bond donors (Lipinski definition) is 2. The number of fused-ring (bicyclic) bond motifs is 1. The van der Waals surface area contributed by atoms with E-state index in [0.29, 0.717) is 5.92 Å².